The molecule has 5 heteroatoms. The summed E-state index contributed by atoms with van der Waals surface area (Å²) < 4.78 is 1.95. The number of guanidine groups is 1. The molecule has 0 radical (unpaired) electrons. The van der Waals surface area contributed by atoms with E-state index in [4.69, 9.17) is 0 Å². The normalized spacial score (nSPS) is 11.4. The van der Waals surface area contributed by atoms with Gasteiger partial charge in [0, 0.05) is 31.9 Å². The number of aryl methyl sites for hydroxylation is 1. The lowest BCUT2D eigenvalue weighted by atomic mass is 10.1. The van der Waals surface area contributed by atoms with E-state index < -0.39 is 0 Å². The quantitative estimate of drug-likeness (QED) is 0.532. The van der Waals surface area contributed by atoms with E-state index in [-0.39, 0.29) is 0 Å². The van der Waals surface area contributed by atoms with Crippen LogP contribution in [-0.2, 0) is 19.6 Å². The molecule has 0 fully saturated rings. The summed E-state index contributed by atoms with van der Waals surface area (Å²) in [5.41, 5.74) is 4.91. The molecule has 0 saturated carbocycles. The molecule has 1 aromatic heterocycles. The van der Waals surface area contributed by atoms with Gasteiger partial charge in [0.1, 0.15) is 0 Å². The van der Waals surface area contributed by atoms with E-state index in [0.717, 1.165) is 24.6 Å². The van der Waals surface area contributed by atoms with Crippen LogP contribution in [0.4, 0.5) is 0 Å². The molecule has 0 amide bonds. The molecule has 1 heterocycles. The highest BCUT2D eigenvalue weighted by Crippen LogP contribution is 2.06. The number of rotatable bonds is 6. The van der Waals surface area contributed by atoms with Crippen molar-refractivity contribution >= 4 is 5.96 Å². The van der Waals surface area contributed by atoms with Gasteiger partial charge in [0.15, 0.2) is 5.96 Å². The second-order valence-corrected chi connectivity index (χ2v) is 6.24. The van der Waals surface area contributed by atoms with Crippen LogP contribution in [0.15, 0.2) is 72.0 Å². The maximum atomic E-state index is 4.44. The van der Waals surface area contributed by atoms with Crippen molar-refractivity contribution in [3.05, 3.63) is 89.2 Å². The number of nitrogens with zero attached hydrogens (tertiary/aromatic N) is 3. The van der Waals surface area contributed by atoms with Crippen molar-refractivity contribution in [2.45, 2.75) is 26.6 Å². The van der Waals surface area contributed by atoms with Gasteiger partial charge in [0.05, 0.1) is 12.7 Å². The summed E-state index contributed by atoms with van der Waals surface area (Å²) in [5, 5.41) is 11.1. The largest absolute Gasteiger partial charge is 0.352 e. The molecule has 0 aliphatic heterocycles. The molecule has 134 valence electrons. The van der Waals surface area contributed by atoms with Gasteiger partial charge >= 0.3 is 0 Å². The van der Waals surface area contributed by atoms with E-state index in [1.165, 1.54) is 16.7 Å². The molecular formula is C21H25N5. The summed E-state index contributed by atoms with van der Waals surface area (Å²) in [4.78, 5) is 4.29. The first-order valence-electron chi connectivity index (χ1n) is 8.79. The minimum absolute atomic E-state index is 0.683. The molecule has 3 aromatic rings. The zero-order valence-electron chi connectivity index (χ0n) is 15.3. The Bertz CT molecular complexity index is 852. The van der Waals surface area contributed by atoms with Crippen molar-refractivity contribution < 1.29 is 0 Å². The number of nitrogens with one attached hydrogen (secondary N) is 2. The van der Waals surface area contributed by atoms with Crippen LogP contribution >= 0.6 is 0 Å². The topological polar surface area (TPSA) is 54.2 Å². The molecule has 3 rings (SSSR count). The minimum Gasteiger partial charge on any atom is -0.352 e. The van der Waals surface area contributed by atoms with Crippen molar-refractivity contribution in [1.82, 2.24) is 20.4 Å². The maximum absolute atomic E-state index is 4.44. The lowest BCUT2D eigenvalue weighted by Gasteiger charge is -2.12. The van der Waals surface area contributed by atoms with Gasteiger partial charge in [-0.15, -0.1) is 0 Å². The van der Waals surface area contributed by atoms with Crippen LogP contribution in [0.25, 0.3) is 0 Å². The van der Waals surface area contributed by atoms with Crippen LogP contribution < -0.4 is 10.6 Å². The predicted octanol–water partition coefficient (Wildman–Crippen LogP) is 3.11. The Morgan fingerprint density at radius 2 is 1.69 bits per heavy atom. The van der Waals surface area contributed by atoms with Crippen LogP contribution in [0.5, 0.6) is 0 Å². The lowest BCUT2D eigenvalue weighted by molar-refractivity contribution is 0.685. The van der Waals surface area contributed by atoms with Gasteiger partial charge < -0.3 is 10.6 Å². The van der Waals surface area contributed by atoms with E-state index in [1.54, 1.807) is 7.05 Å². The molecular weight excluding hydrogens is 322 g/mol. The third kappa shape index (κ3) is 4.96. The molecule has 2 aromatic carbocycles. The molecule has 26 heavy (non-hydrogen) atoms. The third-order valence-corrected chi connectivity index (χ3v) is 4.27. The van der Waals surface area contributed by atoms with E-state index in [2.05, 4.69) is 70.2 Å². The first kappa shape index (κ1) is 17.7. The molecule has 0 atom stereocenters. The van der Waals surface area contributed by atoms with E-state index >= 15 is 0 Å². The highest BCUT2D eigenvalue weighted by Gasteiger charge is 2.03. The van der Waals surface area contributed by atoms with E-state index in [9.17, 15) is 0 Å². The Hall–Kier alpha value is -3.08. The van der Waals surface area contributed by atoms with Gasteiger partial charge in [-0.2, -0.15) is 5.10 Å². The summed E-state index contributed by atoms with van der Waals surface area (Å²) >= 11 is 0. The Balaban J connectivity index is 1.50. The fourth-order valence-corrected chi connectivity index (χ4v) is 2.75. The Morgan fingerprint density at radius 3 is 2.46 bits per heavy atom. The van der Waals surface area contributed by atoms with Crippen LogP contribution in [0.1, 0.15) is 22.3 Å². The molecule has 2 N–H and O–H groups in total. The van der Waals surface area contributed by atoms with Gasteiger partial charge in [-0.1, -0.05) is 54.6 Å². The van der Waals surface area contributed by atoms with Crippen LogP contribution in [0.3, 0.4) is 0 Å². The van der Waals surface area contributed by atoms with Gasteiger partial charge in [-0.25, -0.2) is 0 Å². The van der Waals surface area contributed by atoms with Gasteiger partial charge in [0.25, 0.3) is 0 Å². The summed E-state index contributed by atoms with van der Waals surface area (Å²) in [6, 6.07) is 18.7. The summed E-state index contributed by atoms with van der Waals surface area (Å²) in [5.74, 6) is 0.782. The molecule has 5 nitrogen and oxygen atoms in total. The van der Waals surface area contributed by atoms with Crippen molar-refractivity contribution in [1.29, 1.82) is 0 Å². The fourth-order valence-electron chi connectivity index (χ4n) is 2.75. The van der Waals surface area contributed by atoms with Crippen molar-refractivity contribution in [2.75, 3.05) is 7.05 Å². The van der Waals surface area contributed by atoms with Crippen LogP contribution in [-0.4, -0.2) is 22.8 Å². The molecule has 0 bridgehead atoms. The highest BCUT2D eigenvalue weighted by atomic mass is 15.3. The number of aromatic nitrogens is 2. The Kier molecular flexibility index (Phi) is 6.04. The Labute approximate surface area is 154 Å². The number of hydrogen-bond donors (Lipinski definition) is 2. The number of hydrogen-bond acceptors (Lipinski definition) is 2. The molecule has 0 aliphatic rings. The van der Waals surface area contributed by atoms with Gasteiger partial charge in [-0.05, 0) is 23.6 Å². The standard InChI is InChI=1S/C21H25N5/c1-17-8-6-7-11-20(17)14-24-21(22-2)23-12-19-13-25-26(16-19)15-18-9-4-3-5-10-18/h3-11,13,16H,12,14-15H2,1-2H3,(H2,22,23,24). The zero-order valence-corrected chi connectivity index (χ0v) is 15.3. The first-order valence-corrected chi connectivity index (χ1v) is 8.79. The fraction of sp³-hybridized carbons (Fsp3) is 0.238. The maximum Gasteiger partial charge on any atom is 0.191 e. The van der Waals surface area contributed by atoms with Crippen molar-refractivity contribution in [3.63, 3.8) is 0 Å². The first-order chi connectivity index (χ1) is 12.7. The zero-order chi connectivity index (χ0) is 18.2. The molecule has 0 saturated heterocycles. The monoisotopic (exact) mass is 347 g/mol. The molecule has 0 unspecified atom stereocenters. The Morgan fingerprint density at radius 1 is 0.962 bits per heavy atom. The highest BCUT2D eigenvalue weighted by molar-refractivity contribution is 5.79. The van der Waals surface area contributed by atoms with Crippen LogP contribution in [0, 0.1) is 6.92 Å². The lowest BCUT2D eigenvalue weighted by Crippen LogP contribution is -2.36. The average molecular weight is 347 g/mol. The second-order valence-electron chi connectivity index (χ2n) is 6.24. The van der Waals surface area contributed by atoms with Gasteiger partial charge in [0.2, 0.25) is 0 Å². The van der Waals surface area contributed by atoms with Crippen LogP contribution in [0.2, 0.25) is 0 Å². The SMILES string of the molecule is CN=C(NCc1cnn(Cc2ccccc2)c1)NCc1ccccc1C. The smallest absolute Gasteiger partial charge is 0.191 e. The molecule has 0 spiro atoms. The number of aliphatic imine (C=N–C) groups is 1. The summed E-state index contributed by atoms with van der Waals surface area (Å²) in [6.45, 7) is 4.33. The third-order valence-electron chi connectivity index (χ3n) is 4.27. The number of benzene rings is 2. The van der Waals surface area contributed by atoms with E-state index in [0.29, 0.717) is 6.54 Å². The predicted molar refractivity (Wildman–Crippen MR) is 106 cm³/mol. The average Bonchev–Trinajstić information content (AvgIpc) is 3.11. The van der Waals surface area contributed by atoms with Gasteiger partial charge in [-0.3, -0.25) is 9.67 Å². The van der Waals surface area contributed by atoms with E-state index in [1.807, 2.05) is 29.1 Å². The second kappa shape index (κ2) is 8.85. The summed E-state index contributed by atoms with van der Waals surface area (Å²) in [6.07, 6.45) is 3.96. The van der Waals surface area contributed by atoms with Crippen molar-refractivity contribution in [3.8, 4) is 0 Å². The summed E-state index contributed by atoms with van der Waals surface area (Å²) in [7, 11) is 1.78. The minimum atomic E-state index is 0.683. The van der Waals surface area contributed by atoms with Crippen molar-refractivity contribution in [2.24, 2.45) is 4.99 Å². The molecule has 0 aliphatic carbocycles.